The van der Waals surface area contributed by atoms with E-state index in [1.807, 2.05) is 36.4 Å². The third-order valence-corrected chi connectivity index (χ3v) is 9.32. The molecule has 0 amide bonds. The number of benzene rings is 2. The number of hydrogen-bond acceptors (Lipinski definition) is 9. The number of anilines is 2. The Bertz CT molecular complexity index is 2220. The Labute approximate surface area is 289 Å². The first kappa shape index (κ1) is 35.1. The smallest absolute Gasteiger partial charge is 0.433 e. The van der Waals surface area contributed by atoms with E-state index in [0.29, 0.717) is 70.2 Å². The third-order valence-electron chi connectivity index (χ3n) is 8.91. The highest BCUT2D eigenvalue weighted by Gasteiger charge is 2.34. The van der Waals surface area contributed by atoms with Crippen LogP contribution in [0.15, 0.2) is 64.2 Å². The summed E-state index contributed by atoms with van der Waals surface area (Å²) in [6.07, 6.45) is -4.77. The van der Waals surface area contributed by atoms with E-state index >= 15 is 0 Å². The lowest BCUT2D eigenvalue weighted by molar-refractivity contribution is -0.141. The predicted octanol–water partition coefficient (Wildman–Crippen LogP) is 5.33. The molecule has 3 aromatic heterocycles. The number of ether oxygens (including phenoxy) is 2. The summed E-state index contributed by atoms with van der Waals surface area (Å²) in [6, 6.07) is 14.9. The zero-order valence-electron chi connectivity index (χ0n) is 27.6. The molecule has 2 atom stereocenters. The number of alkyl halides is 3. The molecular weight excluding hydrogens is 677 g/mol. The number of aryl methyl sites for hydroxylation is 1. The summed E-state index contributed by atoms with van der Waals surface area (Å²) in [5, 5.41) is 16.7. The Balaban J connectivity index is 1.36. The molecule has 0 saturated carbocycles. The van der Waals surface area contributed by atoms with Crippen LogP contribution in [0.1, 0.15) is 23.2 Å². The minimum Gasteiger partial charge on any atom is -0.481 e. The van der Waals surface area contributed by atoms with Gasteiger partial charge in [0.1, 0.15) is 16.9 Å². The number of rotatable bonds is 8. The maximum atomic E-state index is 13.9. The zero-order chi connectivity index (χ0) is 35.9. The first-order valence-electron chi connectivity index (χ1n) is 15.7. The van der Waals surface area contributed by atoms with Gasteiger partial charge in [0, 0.05) is 55.7 Å². The van der Waals surface area contributed by atoms with Crippen LogP contribution in [-0.2, 0) is 31.6 Å². The van der Waals surface area contributed by atoms with Crippen LogP contribution in [0.5, 0.6) is 5.88 Å². The van der Waals surface area contributed by atoms with Crippen molar-refractivity contribution < 1.29 is 27.8 Å². The quantitative estimate of drug-likeness (QED) is 0.195. The summed E-state index contributed by atoms with van der Waals surface area (Å²) >= 11 is 7.03. The number of fused-ring (bicyclic) bond motifs is 1. The van der Waals surface area contributed by atoms with Gasteiger partial charge >= 0.3 is 11.9 Å². The van der Waals surface area contributed by atoms with Crippen LogP contribution in [0.3, 0.4) is 0 Å². The number of nitrogens with zero attached hydrogens (tertiary/aromatic N) is 4. The second kappa shape index (κ2) is 13.9. The molecule has 262 valence electrons. The van der Waals surface area contributed by atoms with Crippen molar-refractivity contribution in [1.82, 2.24) is 24.4 Å². The summed E-state index contributed by atoms with van der Waals surface area (Å²) in [4.78, 5) is 34.3. The summed E-state index contributed by atoms with van der Waals surface area (Å²) in [5.74, 6) is 0.0492. The van der Waals surface area contributed by atoms with E-state index in [1.165, 1.54) is 21.2 Å². The van der Waals surface area contributed by atoms with Crippen molar-refractivity contribution in [3.8, 4) is 28.3 Å². The van der Waals surface area contributed by atoms with Crippen molar-refractivity contribution >= 4 is 34.0 Å². The highest BCUT2D eigenvalue weighted by molar-refractivity contribution is 6.36. The normalized spacial score (nSPS) is 16.5. The lowest BCUT2D eigenvalue weighted by Crippen LogP contribution is -2.46. The van der Waals surface area contributed by atoms with Gasteiger partial charge in [0.2, 0.25) is 5.88 Å². The average molecular weight is 711 g/mol. The van der Waals surface area contributed by atoms with Gasteiger partial charge in [-0.05, 0) is 42.7 Å². The highest BCUT2D eigenvalue weighted by Crippen LogP contribution is 2.40. The summed E-state index contributed by atoms with van der Waals surface area (Å²) in [7, 11) is 4.07. The van der Waals surface area contributed by atoms with E-state index in [2.05, 4.69) is 15.6 Å². The Hall–Kier alpha value is -4.76. The van der Waals surface area contributed by atoms with Gasteiger partial charge < -0.3 is 25.2 Å². The minimum absolute atomic E-state index is 0.116. The number of pyridine rings is 2. The standard InChI is InChI=1S/C35H34ClF3N6O5/c1-18-20(7-6-10-23(18)41-31-29-26(15-28(43-31)35(37,38)39)44(2)34(48)45(3)33(29)47)21-8-5-9-22(30(21)36)24-12-11-19(32(42-24)49-4)16-40-25-13-14-50-17-27(25)46/h5-12,15,25,27,40,46H,13-14,16-17H2,1-4H3,(H,41,43)/t25-,27+/m1/s1. The van der Waals surface area contributed by atoms with Gasteiger partial charge in [-0.15, -0.1) is 0 Å². The number of methoxy groups -OCH3 is 1. The second-order valence-electron chi connectivity index (χ2n) is 12.0. The van der Waals surface area contributed by atoms with Gasteiger partial charge in [-0.3, -0.25) is 13.9 Å². The van der Waals surface area contributed by atoms with Crippen molar-refractivity contribution in [3.63, 3.8) is 0 Å². The van der Waals surface area contributed by atoms with Gasteiger partial charge in [-0.1, -0.05) is 48.0 Å². The van der Waals surface area contributed by atoms with Crippen LogP contribution in [0.25, 0.3) is 33.3 Å². The maximum Gasteiger partial charge on any atom is 0.433 e. The Kier molecular flexibility index (Phi) is 9.73. The Morgan fingerprint density at radius 3 is 2.48 bits per heavy atom. The molecule has 0 aliphatic carbocycles. The van der Waals surface area contributed by atoms with Crippen LogP contribution in [-0.4, -0.2) is 56.7 Å². The fourth-order valence-corrected chi connectivity index (χ4v) is 6.41. The largest absolute Gasteiger partial charge is 0.481 e. The van der Waals surface area contributed by atoms with Crippen LogP contribution in [0.2, 0.25) is 5.02 Å². The van der Waals surface area contributed by atoms with E-state index in [4.69, 9.17) is 26.1 Å². The fourth-order valence-electron chi connectivity index (χ4n) is 6.09. The summed E-state index contributed by atoms with van der Waals surface area (Å²) < 4.78 is 54.5. The number of aliphatic hydroxyl groups is 1. The molecule has 1 aliphatic heterocycles. The number of aromatic nitrogens is 4. The summed E-state index contributed by atoms with van der Waals surface area (Å²) in [6.45, 7) is 3.03. The van der Waals surface area contributed by atoms with Crippen molar-refractivity contribution in [2.45, 2.75) is 38.2 Å². The Morgan fingerprint density at radius 2 is 1.76 bits per heavy atom. The van der Waals surface area contributed by atoms with Crippen LogP contribution in [0.4, 0.5) is 24.7 Å². The molecule has 1 fully saturated rings. The van der Waals surface area contributed by atoms with Crippen molar-refractivity contribution in [1.29, 1.82) is 0 Å². The number of nitrogens with one attached hydrogen (secondary N) is 2. The molecule has 0 spiro atoms. The maximum absolute atomic E-state index is 13.9. The number of halogens is 4. The van der Waals surface area contributed by atoms with Crippen LogP contribution < -0.4 is 26.6 Å². The van der Waals surface area contributed by atoms with Crippen molar-refractivity contribution in [2.75, 3.05) is 25.6 Å². The van der Waals surface area contributed by atoms with E-state index in [0.717, 1.165) is 14.7 Å². The highest BCUT2D eigenvalue weighted by atomic mass is 35.5. The molecule has 5 aromatic rings. The number of aliphatic hydroxyl groups excluding tert-OH is 1. The zero-order valence-corrected chi connectivity index (χ0v) is 28.3. The van der Waals surface area contributed by atoms with Gasteiger partial charge in [-0.2, -0.15) is 13.2 Å². The topological polar surface area (TPSA) is 133 Å². The van der Waals surface area contributed by atoms with Gasteiger partial charge in [0.25, 0.3) is 5.56 Å². The first-order valence-corrected chi connectivity index (χ1v) is 16.0. The minimum atomic E-state index is -4.84. The van der Waals surface area contributed by atoms with Gasteiger partial charge in [-0.25, -0.2) is 14.8 Å². The molecule has 6 rings (SSSR count). The average Bonchev–Trinajstić information content (AvgIpc) is 3.10. The lowest BCUT2D eigenvalue weighted by atomic mass is 9.96. The van der Waals surface area contributed by atoms with Crippen molar-refractivity contribution in [2.24, 2.45) is 14.1 Å². The molecular formula is C35H34ClF3N6O5. The molecule has 15 heteroatoms. The molecule has 3 N–H and O–H groups in total. The molecule has 11 nitrogen and oxygen atoms in total. The molecule has 4 heterocycles. The third kappa shape index (κ3) is 6.59. The van der Waals surface area contributed by atoms with E-state index in [-0.39, 0.29) is 29.4 Å². The second-order valence-corrected chi connectivity index (χ2v) is 12.4. The SMILES string of the molecule is COc1nc(-c2cccc(-c3cccc(Nc4nc(C(F)(F)F)cc5c4c(=O)n(C)c(=O)n5C)c3C)c2Cl)ccc1CN[C@@H]1CCOC[C@@H]1O. The lowest BCUT2D eigenvalue weighted by Gasteiger charge is -2.28. The van der Waals surface area contributed by atoms with E-state index in [9.17, 15) is 27.9 Å². The molecule has 50 heavy (non-hydrogen) atoms. The monoisotopic (exact) mass is 710 g/mol. The Morgan fingerprint density at radius 1 is 1.04 bits per heavy atom. The molecule has 2 aromatic carbocycles. The first-order chi connectivity index (χ1) is 23.8. The molecule has 0 unspecified atom stereocenters. The van der Waals surface area contributed by atoms with Gasteiger partial charge in [0.05, 0.1) is 36.1 Å². The number of hydrogen-bond donors (Lipinski definition) is 3. The van der Waals surface area contributed by atoms with E-state index in [1.54, 1.807) is 19.1 Å². The molecule has 1 aliphatic rings. The van der Waals surface area contributed by atoms with Crippen molar-refractivity contribution in [3.05, 3.63) is 97.3 Å². The molecule has 1 saturated heterocycles. The van der Waals surface area contributed by atoms with Crippen LogP contribution >= 0.6 is 11.6 Å². The fraction of sp³-hybridized carbons (Fsp3) is 0.314. The molecule has 0 bridgehead atoms. The predicted molar refractivity (Wildman–Crippen MR) is 184 cm³/mol. The van der Waals surface area contributed by atoms with Crippen LogP contribution in [0, 0.1) is 6.92 Å². The summed E-state index contributed by atoms with van der Waals surface area (Å²) in [5.41, 5.74) is 1.23. The van der Waals surface area contributed by atoms with Gasteiger partial charge in [0.15, 0.2) is 0 Å². The van der Waals surface area contributed by atoms with E-state index < -0.39 is 29.2 Å². The molecule has 0 radical (unpaired) electrons.